The zero-order chi connectivity index (χ0) is 13.4. The number of hydrogen-bond acceptors (Lipinski definition) is 3. The molecule has 2 amide bonds. The highest BCUT2D eigenvalue weighted by atomic mass is 16.2. The molecule has 3 N–H and O–H groups in total. The predicted octanol–water partition coefficient (Wildman–Crippen LogP) is 0.546. The van der Waals surface area contributed by atoms with E-state index in [0.717, 1.165) is 24.8 Å². The van der Waals surface area contributed by atoms with Crippen LogP contribution in [0.3, 0.4) is 0 Å². The van der Waals surface area contributed by atoms with Crippen LogP contribution in [0.15, 0.2) is 18.2 Å². The van der Waals surface area contributed by atoms with Gasteiger partial charge in [-0.05, 0) is 37.0 Å². The molecule has 5 heteroatoms. The summed E-state index contributed by atoms with van der Waals surface area (Å²) in [5.74, 6) is -0.164. The molecule has 100 valence electrons. The Hall–Kier alpha value is -2.04. The molecule has 2 aliphatic rings. The van der Waals surface area contributed by atoms with Crippen LogP contribution in [-0.2, 0) is 11.2 Å². The first-order chi connectivity index (χ1) is 9.13. The van der Waals surface area contributed by atoms with E-state index in [9.17, 15) is 9.59 Å². The SMILES string of the molecule is Nc1ccc2c(c1)C(=O)N(CC(=O)NC1CC1)CC2. The lowest BCUT2D eigenvalue weighted by molar-refractivity contribution is -0.122. The first kappa shape index (κ1) is 12.0. The molecule has 1 fully saturated rings. The Labute approximate surface area is 111 Å². The van der Waals surface area contributed by atoms with Crippen LogP contribution in [0.4, 0.5) is 5.69 Å². The first-order valence-corrected chi connectivity index (χ1v) is 6.60. The molecule has 0 atom stereocenters. The van der Waals surface area contributed by atoms with Crippen molar-refractivity contribution in [2.75, 3.05) is 18.8 Å². The maximum absolute atomic E-state index is 12.3. The Morgan fingerprint density at radius 1 is 1.42 bits per heavy atom. The van der Waals surface area contributed by atoms with Crippen molar-refractivity contribution in [2.24, 2.45) is 0 Å². The van der Waals surface area contributed by atoms with Crippen molar-refractivity contribution in [3.8, 4) is 0 Å². The number of amides is 2. The van der Waals surface area contributed by atoms with E-state index in [1.807, 2.05) is 12.1 Å². The monoisotopic (exact) mass is 259 g/mol. The van der Waals surface area contributed by atoms with Crippen LogP contribution in [0.5, 0.6) is 0 Å². The average molecular weight is 259 g/mol. The quantitative estimate of drug-likeness (QED) is 0.778. The van der Waals surface area contributed by atoms with Gasteiger partial charge in [0.1, 0.15) is 0 Å². The molecule has 0 spiro atoms. The highest BCUT2D eigenvalue weighted by molar-refractivity contribution is 5.99. The number of fused-ring (bicyclic) bond motifs is 1. The summed E-state index contributed by atoms with van der Waals surface area (Å²) in [5, 5.41) is 2.90. The number of anilines is 1. The van der Waals surface area contributed by atoms with Gasteiger partial charge in [-0.3, -0.25) is 9.59 Å². The molecule has 1 aromatic rings. The van der Waals surface area contributed by atoms with Crippen LogP contribution in [0.1, 0.15) is 28.8 Å². The van der Waals surface area contributed by atoms with E-state index in [1.54, 1.807) is 11.0 Å². The van der Waals surface area contributed by atoms with Gasteiger partial charge in [-0.15, -0.1) is 0 Å². The molecule has 0 radical (unpaired) electrons. The van der Waals surface area contributed by atoms with Crippen LogP contribution in [0.2, 0.25) is 0 Å². The summed E-state index contributed by atoms with van der Waals surface area (Å²) >= 11 is 0. The van der Waals surface area contributed by atoms with E-state index < -0.39 is 0 Å². The third-order valence-corrected chi connectivity index (χ3v) is 3.58. The maximum atomic E-state index is 12.3. The van der Waals surface area contributed by atoms with Gasteiger partial charge in [-0.2, -0.15) is 0 Å². The standard InChI is InChI=1S/C14H17N3O2/c15-10-2-1-9-5-6-17(14(19)12(9)7-10)8-13(18)16-11-3-4-11/h1-2,7,11H,3-6,8,15H2,(H,16,18). The number of carbonyl (C=O) groups excluding carboxylic acids is 2. The topological polar surface area (TPSA) is 75.4 Å². The Bertz CT molecular complexity index is 537. The molecule has 0 saturated heterocycles. The fourth-order valence-electron chi connectivity index (χ4n) is 2.36. The second-order valence-corrected chi connectivity index (χ2v) is 5.24. The van der Waals surface area contributed by atoms with E-state index in [4.69, 9.17) is 5.73 Å². The molecule has 3 rings (SSSR count). The maximum Gasteiger partial charge on any atom is 0.254 e. The molecule has 5 nitrogen and oxygen atoms in total. The Balaban J connectivity index is 1.71. The number of nitrogens with one attached hydrogen (secondary N) is 1. The van der Waals surface area contributed by atoms with Crippen molar-refractivity contribution in [1.82, 2.24) is 10.2 Å². The number of nitrogens with zero attached hydrogens (tertiary/aromatic N) is 1. The van der Waals surface area contributed by atoms with Gasteiger partial charge in [0.2, 0.25) is 5.91 Å². The van der Waals surface area contributed by atoms with Crippen molar-refractivity contribution in [3.05, 3.63) is 29.3 Å². The molecular formula is C14H17N3O2. The lowest BCUT2D eigenvalue weighted by atomic mass is 9.98. The van der Waals surface area contributed by atoms with E-state index in [-0.39, 0.29) is 18.4 Å². The highest BCUT2D eigenvalue weighted by Crippen LogP contribution is 2.22. The Kier molecular flexibility index (Phi) is 2.89. The molecule has 0 unspecified atom stereocenters. The van der Waals surface area contributed by atoms with Crippen LogP contribution in [-0.4, -0.2) is 35.8 Å². The van der Waals surface area contributed by atoms with Crippen LogP contribution >= 0.6 is 0 Å². The van der Waals surface area contributed by atoms with Crippen molar-refractivity contribution < 1.29 is 9.59 Å². The van der Waals surface area contributed by atoms with Crippen molar-refractivity contribution >= 4 is 17.5 Å². The highest BCUT2D eigenvalue weighted by Gasteiger charge is 2.28. The number of nitrogens with two attached hydrogens (primary N) is 1. The summed E-state index contributed by atoms with van der Waals surface area (Å²) in [7, 11) is 0. The number of nitrogen functional groups attached to an aromatic ring is 1. The van der Waals surface area contributed by atoms with Gasteiger partial charge in [-0.25, -0.2) is 0 Å². The van der Waals surface area contributed by atoms with Gasteiger partial charge in [-0.1, -0.05) is 6.07 Å². The predicted molar refractivity (Wildman–Crippen MR) is 71.6 cm³/mol. The van der Waals surface area contributed by atoms with E-state index in [2.05, 4.69) is 5.32 Å². The van der Waals surface area contributed by atoms with E-state index >= 15 is 0 Å². The summed E-state index contributed by atoms with van der Waals surface area (Å²) < 4.78 is 0. The largest absolute Gasteiger partial charge is 0.399 e. The smallest absolute Gasteiger partial charge is 0.254 e. The fraction of sp³-hybridized carbons (Fsp3) is 0.429. The minimum Gasteiger partial charge on any atom is -0.399 e. The molecule has 1 saturated carbocycles. The number of hydrogen-bond donors (Lipinski definition) is 2. The van der Waals surface area contributed by atoms with Crippen LogP contribution in [0.25, 0.3) is 0 Å². The summed E-state index contributed by atoms with van der Waals surface area (Å²) in [6.45, 7) is 0.734. The Morgan fingerprint density at radius 3 is 2.95 bits per heavy atom. The minimum atomic E-state index is -0.0977. The number of carbonyl (C=O) groups is 2. The van der Waals surface area contributed by atoms with Gasteiger partial charge >= 0.3 is 0 Å². The van der Waals surface area contributed by atoms with Gasteiger partial charge in [0.05, 0.1) is 6.54 Å². The van der Waals surface area contributed by atoms with Crippen molar-refractivity contribution in [1.29, 1.82) is 0 Å². The molecule has 1 aromatic carbocycles. The zero-order valence-corrected chi connectivity index (χ0v) is 10.7. The molecule has 0 bridgehead atoms. The average Bonchev–Trinajstić information content (AvgIpc) is 3.17. The van der Waals surface area contributed by atoms with Crippen molar-refractivity contribution in [2.45, 2.75) is 25.3 Å². The Morgan fingerprint density at radius 2 is 2.21 bits per heavy atom. The van der Waals surface area contributed by atoms with E-state index in [0.29, 0.717) is 23.8 Å². The zero-order valence-electron chi connectivity index (χ0n) is 10.7. The van der Waals surface area contributed by atoms with Gasteiger partial charge in [0.15, 0.2) is 0 Å². The second kappa shape index (κ2) is 4.57. The van der Waals surface area contributed by atoms with Gasteiger partial charge in [0.25, 0.3) is 5.91 Å². The third-order valence-electron chi connectivity index (χ3n) is 3.58. The molecule has 1 heterocycles. The number of benzene rings is 1. The summed E-state index contributed by atoms with van der Waals surface area (Å²) in [6.07, 6.45) is 2.89. The third kappa shape index (κ3) is 2.54. The molecule has 1 aliphatic carbocycles. The molecule has 1 aliphatic heterocycles. The molecule has 0 aromatic heterocycles. The molecule has 19 heavy (non-hydrogen) atoms. The number of rotatable bonds is 3. The van der Waals surface area contributed by atoms with Crippen LogP contribution < -0.4 is 11.1 Å². The fourth-order valence-corrected chi connectivity index (χ4v) is 2.36. The lowest BCUT2D eigenvalue weighted by Gasteiger charge is -2.28. The van der Waals surface area contributed by atoms with E-state index in [1.165, 1.54) is 0 Å². The summed E-state index contributed by atoms with van der Waals surface area (Å²) in [6, 6.07) is 5.73. The molecular weight excluding hydrogens is 242 g/mol. The lowest BCUT2D eigenvalue weighted by Crippen LogP contribution is -2.44. The first-order valence-electron chi connectivity index (χ1n) is 6.60. The van der Waals surface area contributed by atoms with Gasteiger partial charge in [0, 0.05) is 23.8 Å². The van der Waals surface area contributed by atoms with Gasteiger partial charge < -0.3 is 16.0 Å². The normalized spacial score (nSPS) is 18.1. The summed E-state index contributed by atoms with van der Waals surface area (Å²) in [4.78, 5) is 25.6. The second-order valence-electron chi connectivity index (χ2n) is 5.24. The van der Waals surface area contributed by atoms with Crippen LogP contribution in [0, 0.1) is 0 Å². The van der Waals surface area contributed by atoms with Crippen molar-refractivity contribution in [3.63, 3.8) is 0 Å². The minimum absolute atomic E-state index is 0.0665. The summed E-state index contributed by atoms with van der Waals surface area (Å²) in [5.41, 5.74) is 7.94.